The molecule has 5 heteroatoms. The Hall–Kier alpha value is -0.580. The van der Waals surface area contributed by atoms with Crippen LogP contribution < -0.4 is 5.32 Å². The van der Waals surface area contributed by atoms with Crippen LogP contribution in [0.5, 0.6) is 0 Å². The van der Waals surface area contributed by atoms with Crippen LogP contribution in [-0.4, -0.2) is 29.0 Å². The number of nitrogens with one attached hydrogen (secondary N) is 1. The minimum absolute atomic E-state index is 0.0253. The van der Waals surface area contributed by atoms with Crippen LogP contribution in [0.2, 0.25) is 5.02 Å². The third kappa shape index (κ3) is 3.18. The molecule has 1 fully saturated rings. The smallest absolute Gasteiger partial charge is 0.0834 e. The zero-order valence-corrected chi connectivity index (χ0v) is 13.5. The van der Waals surface area contributed by atoms with Gasteiger partial charge in [0, 0.05) is 13.7 Å². The van der Waals surface area contributed by atoms with Gasteiger partial charge in [-0.2, -0.15) is 5.10 Å². The zero-order chi connectivity index (χ0) is 14.6. The molecule has 1 aliphatic rings. The lowest BCUT2D eigenvalue weighted by Crippen LogP contribution is -2.43. The second kappa shape index (κ2) is 6.92. The molecule has 0 radical (unpaired) electrons. The Morgan fingerprint density at radius 2 is 2.25 bits per heavy atom. The molecule has 1 aromatic rings. The molecule has 4 nitrogen and oxygen atoms in total. The highest BCUT2D eigenvalue weighted by Gasteiger charge is 2.40. The summed E-state index contributed by atoms with van der Waals surface area (Å²) in [6.45, 7) is 6.11. The third-order valence-corrected chi connectivity index (χ3v) is 4.61. The van der Waals surface area contributed by atoms with Crippen LogP contribution >= 0.6 is 11.6 Å². The van der Waals surface area contributed by atoms with E-state index in [4.69, 9.17) is 16.3 Å². The molecule has 1 N–H and O–H groups in total. The van der Waals surface area contributed by atoms with E-state index in [0.29, 0.717) is 0 Å². The number of methoxy groups -OCH3 is 1. The van der Waals surface area contributed by atoms with Gasteiger partial charge in [0.1, 0.15) is 0 Å². The second-order valence-electron chi connectivity index (χ2n) is 5.66. The summed E-state index contributed by atoms with van der Waals surface area (Å²) in [5, 5.41) is 8.73. The van der Waals surface area contributed by atoms with Crippen LogP contribution in [0.15, 0.2) is 6.20 Å². The lowest BCUT2D eigenvalue weighted by molar-refractivity contribution is -0.0841. The molecule has 114 valence electrons. The number of hydrogen-bond donors (Lipinski definition) is 1. The maximum absolute atomic E-state index is 6.38. The number of aromatic nitrogens is 2. The first-order chi connectivity index (χ1) is 9.65. The molecule has 1 heterocycles. The minimum atomic E-state index is 0.0253. The number of aryl methyl sites for hydroxylation is 1. The molecule has 20 heavy (non-hydrogen) atoms. The first-order valence-corrected chi connectivity index (χ1v) is 8.03. The van der Waals surface area contributed by atoms with Gasteiger partial charge in [0.2, 0.25) is 0 Å². The summed E-state index contributed by atoms with van der Waals surface area (Å²) < 4.78 is 7.81. The van der Waals surface area contributed by atoms with Gasteiger partial charge in [-0.15, -0.1) is 0 Å². The lowest BCUT2D eigenvalue weighted by Gasteiger charge is -2.43. The average molecular weight is 300 g/mol. The van der Waals surface area contributed by atoms with Crippen LogP contribution in [0.25, 0.3) is 0 Å². The maximum Gasteiger partial charge on any atom is 0.0834 e. The summed E-state index contributed by atoms with van der Waals surface area (Å²) in [7, 11) is 1.83. The Morgan fingerprint density at radius 1 is 1.50 bits per heavy atom. The number of nitrogens with zero attached hydrogens (tertiary/aromatic N) is 2. The Balaban J connectivity index is 2.21. The third-order valence-electron chi connectivity index (χ3n) is 4.32. The van der Waals surface area contributed by atoms with Gasteiger partial charge in [0.05, 0.1) is 28.6 Å². The molecule has 0 aliphatic heterocycles. The van der Waals surface area contributed by atoms with Gasteiger partial charge in [-0.3, -0.25) is 4.68 Å². The molecule has 1 saturated carbocycles. The van der Waals surface area contributed by atoms with Crippen molar-refractivity contribution in [3.05, 3.63) is 16.9 Å². The van der Waals surface area contributed by atoms with E-state index in [9.17, 15) is 0 Å². The standard InChI is InChI=1S/C15H26ClN3O/c1-4-9-19-14(12(16)11-18-19)13(17-5-2)10-15(20-3)7-6-8-15/h11,13,17H,4-10H2,1-3H3. The summed E-state index contributed by atoms with van der Waals surface area (Å²) >= 11 is 6.38. The van der Waals surface area contributed by atoms with Crippen molar-refractivity contribution in [3.8, 4) is 0 Å². The van der Waals surface area contributed by atoms with Gasteiger partial charge in [0.15, 0.2) is 0 Å². The van der Waals surface area contributed by atoms with Crippen molar-refractivity contribution in [2.75, 3.05) is 13.7 Å². The number of halogens is 1. The minimum Gasteiger partial charge on any atom is -0.378 e. The molecule has 1 aliphatic carbocycles. The Bertz CT molecular complexity index is 423. The van der Waals surface area contributed by atoms with Gasteiger partial charge in [-0.1, -0.05) is 25.4 Å². The fraction of sp³-hybridized carbons (Fsp3) is 0.800. The van der Waals surface area contributed by atoms with E-state index >= 15 is 0 Å². The highest BCUT2D eigenvalue weighted by atomic mass is 35.5. The number of rotatable bonds is 8. The average Bonchev–Trinajstić information content (AvgIpc) is 2.74. The highest BCUT2D eigenvalue weighted by Crippen LogP contribution is 2.42. The van der Waals surface area contributed by atoms with Crippen LogP contribution in [0.1, 0.15) is 57.7 Å². The Morgan fingerprint density at radius 3 is 2.75 bits per heavy atom. The fourth-order valence-electron chi connectivity index (χ4n) is 3.05. The second-order valence-corrected chi connectivity index (χ2v) is 6.06. The van der Waals surface area contributed by atoms with Crippen molar-refractivity contribution in [2.45, 2.75) is 64.1 Å². The van der Waals surface area contributed by atoms with Gasteiger partial charge in [-0.05, 0) is 38.6 Å². The molecule has 1 atom stereocenters. The van der Waals surface area contributed by atoms with Crippen LogP contribution in [0.3, 0.4) is 0 Å². The predicted molar refractivity (Wildman–Crippen MR) is 82.2 cm³/mol. The van der Waals surface area contributed by atoms with Crippen molar-refractivity contribution in [3.63, 3.8) is 0 Å². The summed E-state index contributed by atoms with van der Waals surface area (Å²) in [5.74, 6) is 0. The lowest BCUT2D eigenvalue weighted by atomic mass is 9.75. The van der Waals surface area contributed by atoms with Crippen LogP contribution in [0.4, 0.5) is 0 Å². The topological polar surface area (TPSA) is 39.1 Å². The monoisotopic (exact) mass is 299 g/mol. The summed E-state index contributed by atoms with van der Waals surface area (Å²) in [6, 6.07) is 0.210. The first kappa shape index (κ1) is 15.8. The largest absolute Gasteiger partial charge is 0.378 e. The van der Waals surface area contributed by atoms with Crippen molar-refractivity contribution in [2.24, 2.45) is 0 Å². The fourth-order valence-corrected chi connectivity index (χ4v) is 3.33. The summed E-state index contributed by atoms with van der Waals surface area (Å²) in [5.41, 5.74) is 1.14. The molecule has 2 rings (SSSR count). The van der Waals surface area contributed by atoms with E-state index in [0.717, 1.165) is 49.5 Å². The van der Waals surface area contributed by atoms with Gasteiger partial charge in [0.25, 0.3) is 0 Å². The van der Waals surface area contributed by atoms with E-state index in [1.807, 2.05) is 11.8 Å². The SMILES string of the molecule is CCCn1ncc(Cl)c1C(CC1(OC)CCC1)NCC. The molecule has 0 amide bonds. The van der Waals surface area contributed by atoms with Crippen molar-refractivity contribution in [1.82, 2.24) is 15.1 Å². The van der Waals surface area contributed by atoms with Crippen molar-refractivity contribution >= 4 is 11.6 Å². The van der Waals surface area contributed by atoms with Gasteiger partial charge >= 0.3 is 0 Å². The normalized spacial score (nSPS) is 18.8. The maximum atomic E-state index is 6.38. The number of hydrogen-bond acceptors (Lipinski definition) is 3. The molecule has 0 saturated heterocycles. The van der Waals surface area contributed by atoms with E-state index in [1.165, 1.54) is 6.42 Å². The highest BCUT2D eigenvalue weighted by molar-refractivity contribution is 6.31. The predicted octanol–water partition coefficient (Wildman–Crippen LogP) is 3.56. The number of ether oxygens (including phenoxy) is 1. The molecule has 1 unspecified atom stereocenters. The summed E-state index contributed by atoms with van der Waals surface area (Å²) in [6.07, 6.45) is 7.33. The van der Waals surface area contributed by atoms with E-state index in [1.54, 1.807) is 6.20 Å². The van der Waals surface area contributed by atoms with E-state index < -0.39 is 0 Å². The summed E-state index contributed by atoms with van der Waals surface area (Å²) in [4.78, 5) is 0. The molecule has 0 bridgehead atoms. The Kier molecular flexibility index (Phi) is 5.47. The quantitative estimate of drug-likeness (QED) is 0.798. The van der Waals surface area contributed by atoms with Crippen LogP contribution in [0, 0.1) is 0 Å². The molecule has 1 aromatic heterocycles. The molecular formula is C15H26ClN3O. The Labute approximate surface area is 126 Å². The molecule has 0 spiro atoms. The van der Waals surface area contributed by atoms with Gasteiger partial charge in [-0.25, -0.2) is 0 Å². The van der Waals surface area contributed by atoms with Crippen molar-refractivity contribution < 1.29 is 4.74 Å². The first-order valence-electron chi connectivity index (χ1n) is 7.65. The van der Waals surface area contributed by atoms with Crippen LogP contribution in [-0.2, 0) is 11.3 Å². The zero-order valence-electron chi connectivity index (χ0n) is 12.8. The molecule has 0 aromatic carbocycles. The van der Waals surface area contributed by atoms with E-state index in [-0.39, 0.29) is 11.6 Å². The van der Waals surface area contributed by atoms with Crippen molar-refractivity contribution in [1.29, 1.82) is 0 Å². The van der Waals surface area contributed by atoms with Gasteiger partial charge < -0.3 is 10.1 Å². The molecular weight excluding hydrogens is 274 g/mol. The van der Waals surface area contributed by atoms with E-state index in [2.05, 4.69) is 24.3 Å².